The molecule has 0 radical (unpaired) electrons. The van der Waals surface area contributed by atoms with Crippen LogP contribution in [0.2, 0.25) is 0 Å². The maximum Gasteiger partial charge on any atom is 0.268 e. The van der Waals surface area contributed by atoms with Crippen LogP contribution in [-0.4, -0.2) is 73.5 Å². The molecule has 7 nitrogen and oxygen atoms in total. The number of amides is 2. The Labute approximate surface area is 196 Å². The number of nitrogens with zero attached hydrogens (tertiary/aromatic N) is 3. The normalized spacial score (nSPS) is 19.1. The molecule has 1 saturated heterocycles. The highest BCUT2D eigenvalue weighted by molar-refractivity contribution is 6.03. The standard InChI is InChI=1S/C26H34N4O3/c1-2-23-26(32)30(22-11-6-7-12-24(22)33-23)20-25(31)27-13-8-14-28-15-17-29(18-16-28)19-21-9-4-3-5-10-21/h3-7,9-12,23H,2,8,13-20H2,1H3,(H,27,31)/t23-/m1/s1. The zero-order valence-electron chi connectivity index (χ0n) is 19.4. The van der Waals surface area contributed by atoms with Gasteiger partial charge in [0.2, 0.25) is 5.91 Å². The van der Waals surface area contributed by atoms with Gasteiger partial charge in [-0.25, -0.2) is 0 Å². The minimum absolute atomic E-state index is 0.0217. The maximum absolute atomic E-state index is 12.7. The number of fused-ring (bicyclic) bond motifs is 1. The topological polar surface area (TPSA) is 65.1 Å². The molecule has 2 aromatic rings. The van der Waals surface area contributed by atoms with Gasteiger partial charge in [0, 0.05) is 39.3 Å². The molecule has 7 heteroatoms. The first-order valence-corrected chi connectivity index (χ1v) is 12.0. The molecule has 2 aromatic carbocycles. The van der Waals surface area contributed by atoms with E-state index in [2.05, 4.69) is 45.4 Å². The average Bonchev–Trinajstić information content (AvgIpc) is 2.85. The van der Waals surface area contributed by atoms with Crippen LogP contribution in [0.25, 0.3) is 0 Å². The van der Waals surface area contributed by atoms with Gasteiger partial charge in [0.05, 0.1) is 5.69 Å². The minimum Gasteiger partial charge on any atom is -0.478 e. The van der Waals surface area contributed by atoms with Crippen LogP contribution in [-0.2, 0) is 16.1 Å². The van der Waals surface area contributed by atoms with E-state index >= 15 is 0 Å². The van der Waals surface area contributed by atoms with E-state index < -0.39 is 6.10 Å². The van der Waals surface area contributed by atoms with Gasteiger partial charge >= 0.3 is 0 Å². The lowest BCUT2D eigenvalue weighted by Gasteiger charge is -2.35. The van der Waals surface area contributed by atoms with Crippen molar-refractivity contribution in [3.05, 3.63) is 60.2 Å². The summed E-state index contributed by atoms with van der Waals surface area (Å²) in [7, 11) is 0. The van der Waals surface area contributed by atoms with Crippen molar-refractivity contribution in [3.8, 4) is 5.75 Å². The number of para-hydroxylation sites is 2. The number of hydrogen-bond donors (Lipinski definition) is 1. The number of piperazine rings is 1. The Bertz CT molecular complexity index is 928. The molecule has 1 N–H and O–H groups in total. The summed E-state index contributed by atoms with van der Waals surface area (Å²) in [5.41, 5.74) is 2.02. The molecule has 2 amide bonds. The van der Waals surface area contributed by atoms with Gasteiger partial charge in [0.15, 0.2) is 6.10 Å². The number of nitrogens with one attached hydrogen (secondary N) is 1. The van der Waals surface area contributed by atoms with Gasteiger partial charge in [-0.2, -0.15) is 0 Å². The number of ether oxygens (including phenoxy) is 1. The highest BCUT2D eigenvalue weighted by Gasteiger charge is 2.34. The summed E-state index contributed by atoms with van der Waals surface area (Å²) in [6.07, 6.45) is 0.938. The number of anilines is 1. The first kappa shape index (κ1) is 23.3. The largest absolute Gasteiger partial charge is 0.478 e. The monoisotopic (exact) mass is 450 g/mol. The third kappa shape index (κ3) is 6.12. The minimum atomic E-state index is -0.534. The molecule has 0 aliphatic carbocycles. The molecule has 0 saturated carbocycles. The second-order valence-corrected chi connectivity index (χ2v) is 8.71. The zero-order chi connectivity index (χ0) is 23.0. The summed E-state index contributed by atoms with van der Waals surface area (Å²) in [5, 5.41) is 2.98. The van der Waals surface area contributed by atoms with E-state index in [4.69, 9.17) is 4.74 Å². The number of hydrogen-bond acceptors (Lipinski definition) is 5. The predicted molar refractivity (Wildman–Crippen MR) is 129 cm³/mol. The van der Waals surface area contributed by atoms with Crippen LogP contribution in [0.15, 0.2) is 54.6 Å². The van der Waals surface area contributed by atoms with Gasteiger partial charge in [-0.1, -0.05) is 49.4 Å². The molecule has 0 bridgehead atoms. The van der Waals surface area contributed by atoms with E-state index in [1.54, 1.807) is 4.90 Å². The molecule has 2 aliphatic rings. The second kappa shape index (κ2) is 11.3. The Morgan fingerprint density at radius 1 is 1.00 bits per heavy atom. The SMILES string of the molecule is CC[C@H]1Oc2ccccc2N(CC(=O)NCCCN2CCN(Cc3ccccc3)CC2)C1=O. The molecule has 33 heavy (non-hydrogen) atoms. The van der Waals surface area contributed by atoms with Crippen LogP contribution in [0, 0.1) is 0 Å². The Hall–Kier alpha value is -2.90. The Morgan fingerprint density at radius 3 is 2.45 bits per heavy atom. The van der Waals surface area contributed by atoms with Crippen LogP contribution in [0.5, 0.6) is 5.75 Å². The summed E-state index contributed by atoms with van der Waals surface area (Å²) in [5.74, 6) is 0.366. The lowest BCUT2D eigenvalue weighted by Crippen LogP contribution is -2.50. The van der Waals surface area contributed by atoms with E-state index in [1.165, 1.54) is 5.56 Å². The quantitative estimate of drug-likeness (QED) is 0.595. The fourth-order valence-electron chi connectivity index (χ4n) is 4.44. The van der Waals surface area contributed by atoms with Gasteiger partial charge in [-0.3, -0.25) is 19.4 Å². The Kier molecular flexibility index (Phi) is 7.96. The number of benzene rings is 2. The molecular formula is C26H34N4O3. The smallest absolute Gasteiger partial charge is 0.268 e. The maximum atomic E-state index is 12.7. The van der Waals surface area contributed by atoms with Crippen LogP contribution >= 0.6 is 0 Å². The van der Waals surface area contributed by atoms with Gasteiger partial charge in [0.1, 0.15) is 12.3 Å². The zero-order valence-corrected chi connectivity index (χ0v) is 19.4. The Morgan fingerprint density at radius 2 is 1.70 bits per heavy atom. The Balaban J connectivity index is 1.17. The summed E-state index contributed by atoms with van der Waals surface area (Å²) in [6.45, 7) is 8.77. The van der Waals surface area contributed by atoms with Crippen molar-refractivity contribution in [2.75, 3.05) is 50.7 Å². The van der Waals surface area contributed by atoms with E-state index in [0.717, 1.165) is 45.7 Å². The van der Waals surface area contributed by atoms with Crippen LogP contribution in [0.1, 0.15) is 25.3 Å². The highest BCUT2D eigenvalue weighted by atomic mass is 16.5. The summed E-state index contributed by atoms with van der Waals surface area (Å²) >= 11 is 0. The van der Waals surface area contributed by atoms with Crippen LogP contribution in [0.3, 0.4) is 0 Å². The average molecular weight is 451 g/mol. The fraction of sp³-hybridized carbons (Fsp3) is 0.462. The van der Waals surface area contributed by atoms with Crippen molar-refractivity contribution < 1.29 is 14.3 Å². The number of carbonyl (C=O) groups is 2. The third-order valence-corrected chi connectivity index (χ3v) is 6.33. The lowest BCUT2D eigenvalue weighted by molar-refractivity contribution is -0.129. The van der Waals surface area contributed by atoms with Gasteiger partial charge in [0.25, 0.3) is 5.91 Å². The van der Waals surface area contributed by atoms with Crippen LogP contribution < -0.4 is 15.0 Å². The predicted octanol–water partition coefficient (Wildman–Crippen LogP) is 2.51. The summed E-state index contributed by atoms with van der Waals surface area (Å²) in [4.78, 5) is 31.8. The van der Waals surface area contributed by atoms with Crippen molar-refractivity contribution in [1.29, 1.82) is 0 Å². The highest BCUT2D eigenvalue weighted by Crippen LogP contribution is 2.34. The molecule has 2 aliphatic heterocycles. The van der Waals surface area contributed by atoms with Gasteiger partial charge in [-0.05, 0) is 37.1 Å². The van der Waals surface area contributed by atoms with Crippen molar-refractivity contribution in [2.45, 2.75) is 32.4 Å². The van der Waals surface area contributed by atoms with Crippen molar-refractivity contribution >= 4 is 17.5 Å². The van der Waals surface area contributed by atoms with E-state index in [0.29, 0.717) is 24.4 Å². The van der Waals surface area contributed by atoms with Crippen molar-refractivity contribution in [1.82, 2.24) is 15.1 Å². The van der Waals surface area contributed by atoms with Crippen molar-refractivity contribution in [3.63, 3.8) is 0 Å². The van der Waals surface area contributed by atoms with E-state index in [-0.39, 0.29) is 18.4 Å². The fourth-order valence-corrected chi connectivity index (χ4v) is 4.44. The first-order chi connectivity index (χ1) is 16.1. The molecular weight excluding hydrogens is 416 g/mol. The summed E-state index contributed by atoms with van der Waals surface area (Å²) < 4.78 is 5.78. The number of carbonyl (C=O) groups excluding carboxylic acids is 2. The molecule has 1 fully saturated rings. The van der Waals surface area contributed by atoms with E-state index in [9.17, 15) is 9.59 Å². The first-order valence-electron chi connectivity index (χ1n) is 12.0. The molecule has 176 valence electrons. The van der Waals surface area contributed by atoms with Crippen molar-refractivity contribution in [2.24, 2.45) is 0 Å². The third-order valence-electron chi connectivity index (χ3n) is 6.33. The van der Waals surface area contributed by atoms with Gasteiger partial charge < -0.3 is 15.0 Å². The molecule has 0 unspecified atom stereocenters. The van der Waals surface area contributed by atoms with Gasteiger partial charge in [-0.15, -0.1) is 0 Å². The molecule has 0 aromatic heterocycles. The second-order valence-electron chi connectivity index (χ2n) is 8.71. The molecule has 2 heterocycles. The molecule has 4 rings (SSSR count). The van der Waals surface area contributed by atoms with E-state index in [1.807, 2.05) is 31.2 Å². The lowest BCUT2D eigenvalue weighted by atomic mass is 10.1. The summed E-state index contributed by atoms with van der Waals surface area (Å²) in [6, 6.07) is 18.0. The van der Waals surface area contributed by atoms with Crippen LogP contribution in [0.4, 0.5) is 5.69 Å². The molecule has 0 spiro atoms. The molecule has 1 atom stereocenters. The number of rotatable bonds is 9.